The number of carbonyl (C=O) groups excluding carboxylic acids is 1. The molecule has 0 aromatic heterocycles. The number of aromatic carboxylic acids is 1. The van der Waals surface area contributed by atoms with E-state index in [1.165, 1.54) is 5.56 Å². The van der Waals surface area contributed by atoms with Gasteiger partial charge in [0.25, 0.3) is 0 Å². The third-order valence-electron chi connectivity index (χ3n) is 3.21. The molecular formula is C14H11LiO3. The number of hydrogen-bond donors (Lipinski definition) is 0. The summed E-state index contributed by atoms with van der Waals surface area (Å²) >= 11 is 0. The van der Waals surface area contributed by atoms with Crippen molar-refractivity contribution in [1.29, 1.82) is 0 Å². The van der Waals surface area contributed by atoms with Crippen LogP contribution in [0, 0.1) is 0 Å². The van der Waals surface area contributed by atoms with Crippen LogP contribution in [0.2, 0.25) is 0 Å². The van der Waals surface area contributed by atoms with E-state index in [4.69, 9.17) is 4.74 Å². The zero-order valence-corrected chi connectivity index (χ0v) is 10.2. The van der Waals surface area contributed by atoms with Crippen molar-refractivity contribution in [2.75, 3.05) is 13.2 Å². The number of ether oxygens (including phenoxy) is 1. The fraction of sp³-hybridized carbons (Fsp3) is 0.214. The van der Waals surface area contributed by atoms with Crippen LogP contribution in [0.4, 0.5) is 0 Å². The number of carboxylic acid groups (broad SMARTS) is 1. The van der Waals surface area contributed by atoms with Crippen LogP contribution in [-0.2, 0) is 4.74 Å². The van der Waals surface area contributed by atoms with Gasteiger partial charge < -0.3 is 14.6 Å². The first-order valence-electron chi connectivity index (χ1n) is 5.57. The van der Waals surface area contributed by atoms with Gasteiger partial charge in [0, 0.05) is 5.92 Å². The molecule has 4 heteroatoms. The van der Waals surface area contributed by atoms with Gasteiger partial charge in [0.05, 0.1) is 19.2 Å². The van der Waals surface area contributed by atoms with Crippen LogP contribution in [0.25, 0.3) is 10.8 Å². The van der Waals surface area contributed by atoms with Crippen molar-refractivity contribution in [2.24, 2.45) is 0 Å². The Morgan fingerprint density at radius 3 is 2.39 bits per heavy atom. The van der Waals surface area contributed by atoms with Gasteiger partial charge in [-0.1, -0.05) is 30.3 Å². The van der Waals surface area contributed by atoms with E-state index in [1.807, 2.05) is 18.2 Å². The summed E-state index contributed by atoms with van der Waals surface area (Å²) < 4.78 is 5.17. The summed E-state index contributed by atoms with van der Waals surface area (Å²) in [5.74, 6) is -0.649. The van der Waals surface area contributed by atoms with E-state index in [-0.39, 0.29) is 24.4 Å². The first-order chi connectivity index (χ1) is 8.24. The van der Waals surface area contributed by atoms with Gasteiger partial charge in [0.1, 0.15) is 0 Å². The third kappa shape index (κ3) is 2.30. The Labute approximate surface area is 117 Å². The zero-order valence-electron chi connectivity index (χ0n) is 10.2. The number of rotatable bonds is 2. The maximum atomic E-state index is 10.7. The molecule has 0 spiro atoms. The van der Waals surface area contributed by atoms with Crippen molar-refractivity contribution < 1.29 is 33.5 Å². The van der Waals surface area contributed by atoms with E-state index in [0.717, 1.165) is 24.0 Å². The fourth-order valence-corrected chi connectivity index (χ4v) is 2.07. The molecule has 0 radical (unpaired) electrons. The Bertz CT molecular complexity index is 591. The van der Waals surface area contributed by atoms with Crippen molar-refractivity contribution in [3.05, 3.63) is 47.5 Å². The third-order valence-corrected chi connectivity index (χ3v) is 3.21. The summed E-state index contributed by atoms with van der Waals surface area (Å²) in [4.78, 5) is 10.7. The normalized spacial score (nSPS) is 14.9. The largest absolute Gasteiger partial charge is 1.00 e. The number of carboxylic acids is 1. The Kier molecular flexibility index (Phi) is 3.77. The van der Waals surface area contributed by atoms with Gasteiger partial charge >= 0.3 is 18.9 Å². The van der Waals surface area contributed by atoms with Gasteiger partial charge in [0.2, 0.25) is 0 Å². The summed E-state index contributed by atoms with van der Waals surface area (Å²) in [6.45, 7) is 1.56. The molecule has 2 aromatic carbocycles. The van der Waals surface area contributed by atoms with Crippen LogP contribution in [0.5, 0.6) is 0 Å². The van der Waals surface area contributed by atoms with Crippen LogP contribution in [0.3, 0.4) is 0 Å². The predicted octanol–water partition coefficient (Wildman–Crippen LogP) is -1.68. The molecule has 18 heavy (non-hydrogen) atoms. The molecule has 2 aromatic rings. The molecule has 0 aliphatic carbocycles. The summed E-state index contributed by atoms with van der Waals surface area (Å²) in [6.07, 6.45) is 0. The molecule has 0 saturated carbocycles. The topological polar surface area (TPSA) is 49.4 Å². The average molecular weight is 234 g/mol. The second kappa shape index (κ2) is 5.15. The minimum Gasteiger partial charge on any atom is -0.545 e. The molecule has 0 amide bonds. The number of benzene rings is 2. The van der Waals surface area contributed by atoms with Gasteiger partial charge in [-0.3, -0.25) is 0 Å². The molecule has 0 bridgehead atoms. The van der Waals surface area contributed by atoms with Gasteiger partial charge in [-0.05, 0) is 28.0 Å². The van der Waals surface area contributed by atoms with Gasteiger partial charge in [0.15, 0.2) is 0 Å². The summed E-state index contributed by atoms with van der Waals surface area (Å²) in [5.41, 5.74) is 1.47. The van der Waals surface area contributed by atoms with Crippen molar-refractivity contribution in [3.63, 3.8) is 0 Å². The molecule has 3 nitrogen and oxygen atoms in total. The van der Waals surface area contributed by atoms with Crippen LogP contribution in [-0.4, -0.2) is 19.2 Å². The van der Waals surface area contributed by atoms with Crippen LogP contribution in [0.15, 0.2) is 36.4 Å². The molecule has 1 aliphatic heterocycles. The van der Waals surface area contributed by atoms with E-state index in [0.29, 0.717) is 5.92 Å². The van der Waals surface area contributed by atoms with E-state index in [2.05, 4.69) is 6.07 Å². The Morgan fingerprint density at radius 2 is 1.78 bits per heavy atom. The minimum atomic E-state index is -1.14. The molecule has 86 valence electrons. The SMILES string of the molecule is O=C([O-])c1ccc2cc(C3COC3)ccc2c1.[Li+]. The summed E-state index contributed by atoms with van der Waals surface area (Å²) in [6, 6.07) is 11.1. The monoisotopic (exact) mass is 234 g/mol. The van der Waals surface area contributed by atoms with E-state index in [1.54, 1.807) is 12.1 Å². The Morgan fingerprint density at radius 1 is 1.11 bits per heavy atom. The van der Waals surface area contributed by atoms with Crippen LogP contribution < -0.4 is 24.0 Å². The first-order valence-corrected chi connectivity index (χ1v) is 5.57. The van der Waals surface area contributed by atoms with Crippen molar-refractivity contribution >= 4 is 16.7 Å². The Balaban J connectivity index is 0.00000120. The van der Waals surface area contributed by atoms with E-state index in [9.17, 15) is 9.90 Å². The molecule has 0 N–H and O–H groups in total. The second-order valence-corrected chi connectivity index (χ2v) is 4.34. The smallest absolute Gasteiger partial charge is 0.545 e. The molecule has 1 aliphatic rings. The molecular weight excluding hydrogens is 223 g/mol. The van der Waals surface area contributed by atoms with E-state index < -0.39 is 5.97 Å². The molecule has 1 saturated heterocycles. The second-order valence-electron chi connectivity index (χ2n) is 4.34. The summed E-state index contributed by atoms with van der Waals surface area (Å²) in [7, 11) is 0. The van der Waals surface area contributed by atoms with Crippen LogP contribution >= 0.6 is 0 Å². The quantitative estimate of drug-likeness (QED) is 0.583. The van der Waals surface area contributed by atoms with Gasteiger partial charge in [-0.15, -0.1) is 0 Å². The number of carbonyl (C=O) groups is 1. The average Bonchev–Trinajstić information content (AvgIpc) is 2.26. The molecule has 3 rings (SSSR count). The van der Waals surface area contributed by atoms with E-state index >= 15 is 0 Å². The van der Waals surface area contributed by atoms with Gasteiger partial charge in [-0.25, -0.2) is 0 Å². The Hall–Kier alpha value is -1.27. The van der Waals surface area contributed by atoms with Crippen molar-refractivity contribution in [3.8, 4) is 0 Å². The summed E-state index contributed by atoms with van der Waals surface area (Å²) in [5, 5.41) is 12.7. The minimum absolute atomic E-state index is 0. The maximum Gasteiger partial charge on any atom is 1.00 e. The molecule has 1 heterocycles. The predicted molar refractivity (Wildman–Crippen MR) is 61.8 cm³/mol. The van der Waals surface area contributed by atoms with Gasteiger partial charge in [-0.2, -0.15) is 0 Å². The number of fused-ring (bicyclic) bond motifs is 1. The molecule has 0 atom stereocenters. The standard InChI is InChI=1S/C14H12O3.Li/c15-14(16)12-4-3-9-5-11(13-7-17-8-13)2-1-10(9)6-12;/h1-6,13H,7-8H2,(H,15,16);/q;+1/p-1. The number of hydrogen-bond acceptors (Lipinski definition) is 3. The fourth-order valence-electron chi connectivity index (χ4n) is 2.07. The van der Waals surface area contributed by atoms with Crippen molar-refractivity contribution in [2.45, 2.75) is 5.92 Å². The molecule has 0 unspecified atom stereocenters. The maximum absolute atomic E-state index is 10.7. The van der Waals surface area contributed by atoms with Crippen molar-refractivity contribution in [1.82, 2.24) is 0 Å². The first kappa shape index (κ1) is 13.2. The van der Waals surface area contributed by atoms with Crippen LogP contribution in [0.1, 0.15) is 21.8 Å². The molecule has 1 fully saturated rings. The zero-order chi connectivity index (χ0) is 11.8.